The minimum absolute atomic E-state index is 0.115. The molecule has 4 rings (SSSR count). The summed E-state index contributed by atoms with van der Waals surface area (Å²) in [6.45, 7) is 7.01. The molecule has 7 nitrogen and oxygen atoms in total. The summed E-state index contributed by atoms with van der Waals surface area (Å²) < 4.78 is 35.3. The van der Waals surface area contributed by atoms with Gasteiger partial charge in [0.25, 0.3) is 0 Å². The largest absolute Gasteiger partial charge is 0.487 e. The molecule has 1 N–H and O–H groups in total. The van der Waals surface area contributed by atoms with E-state index in [4.69, 9.17) is 4.74 Å². The molecule has 0 spiro atoms. The number of aliphatic hydroxyl groups excluding tert-OH is 1. The minimum Gasteiger partial charge on any atom is -0.487 e. The number of fused-ring (bicyclic) bond motifs is 1. The van der Waals surface area contributed by atoms with Crippen LogP contribution < -0.4 is 4.74 Å². The van der Waals surface area contributed by atoms with Crippen LogP contribution >= 0.6 is 0 Å². The number of pyridine rings is 1. The summed E-state index contributed by atoms with van der Waals surface area (Å²) in [5.41, 5.74) is 3.99. The SMILES string of the molecule is Cc1ccc(-c2ccc3c(c2)O[C@H](CN(C)Cc2ccccn2)[C@@H](C)CN([C@@H](C)CO)S3(=O)=O)cc1. The number of aliphatic hydroxyl groups is 1. The predicted molar refractivity (Wildman–Crippen MR) is 141 cm³/mol. The highest BCUT2D eigenvalue weighted by molar-refractivity contribution is 7.89. The van der Waals surface area contributed by atoms with Gasteiger partial charge in [0.1, 0.15) is 16.7 Å². The van der Waals surface area contributed by atoms with E-state index in [1.54, 1.807) is 19.2 Å². The van der Waals surface area contributed by atoms with Gasteiger partial charge in [0, 0.05) is 37.8 Å². The zero-order chi connectivity index (χ0) is 25.9. The Morgan fingerprint density at radius 3 is 2.53 bits per heavy atom. The van der Waals surface area contributed by atoms with Crippen LogP contribution in [0.15, 0.2) is 71.8 Å². The van der Waals surface area contributed by atoms with Gasteiger partial charge in [-0.25, -0.2) is 8.42 Å². The first-order chi connectivity index (χ1) is 17.2. The van der Waals surface area contributed by atoms with Crippen LogP contribution in [0.1, 0.15) is 25.1 Å². The fraction of sp³-hybridized carbons (Fsp3) is 0.393. The number of aryl methyl sites for hydroxylation is 1. The van der Waals surface area contributed by atoms with Gasteiger partial charge in [0.2, 0.25) is 10.0 Å². The molecule has 1 aliphatic rings. The van der Waals surface area contributed by atoms with Crippen LogP contribution in [-0.2, 0) is 16.6 Å². The van der Waals surface area contributed by atoms with Gasteiger partial charge in [-0.3, -0.25) is 9.88 Å². The summed E-state index contributed by atoms with van der Waals surface area (Å²) in [6.07, 6.45) is 1.51. The lowest BCUT2D eigenvalue weighted by atomic mass is 10.0. The van der Waals surface area contributed by atoms with E-state index in [2.05, 4.69) is 9.88 Å². The molecule has 0 radical (unpaired) electrons. The average Bonchev–Trinajstić information content (AvgIpc) is 2.86. The standard InChI is InChI=1S/C28H35N3O4S/c1-20-8-10-23(11-9-20)24-12-13-28-26(15-24)35-27(18-30(4)17-25-7-5-6-14-29-25)21(2)16-31(22(3)19-32)36(28,33)34/h5-15,21-22,27,32H,16-19H2,1-4H3/t21-,22-,27+/m0/s1. The molecule has 36 heavy (non-hydrogen) atoms. The third-order valence-corrected chi connectivity index (χ3v) is 8.72. The molecule has 0 aliphatic carbocycles. The van der Waals surface area contributed by atoms with E-state index < -0.39 is 16.1 Å². The Hall–Kier alpha value is -2.78. The Balaban J connectivity index is 1.72. The Bertz CT molecular complexity index is 1270. The first-order valence-corrected chi connectivity index (χ1v) is 13.7. The van der Waals surface area contributed by atoms with Crippen molar-refractivity contribution in [3.8, 4) is 16.9 Å². The number of likely N-dealkylation sites (N-methyl/N-ethyl adjacent to an activating group) is 1. The zero-order valence-corrected chi connectivity index (χ0v) is 22.1. The van der Waals surface area contributed by atoms with E-state index in [0.29, 0.717) is 18.8 Å². The van der Waals surface area contributed by atoms with Gasteiger partial charge in [-0.1, -0.05) is 48.9 Å². The molecule has 0 saturated carbocycles. The Morgan fingerprint density at radius 2 is 1.86 bits per heavy atom. The van der Waals surface area contributed by atoms with E-state index in [9.17, 15) is 13.5 Å². The van der Waals surface area contributed by atoms with Crippen LogP contribution in [0.3, 0.4) is 0 Å². The molecule has 0 saturated heterocycles. The second-order valence-corrected chi connectivity index (χ2v) is 11.6. The van der Waals surface area contributed by atoms with Crippen molar-refractivity contribution >= 4 is 10.0 Å². The van der Waals surface area contributed by atoms with Crippen molar-refractivity contribution in [2.45, 2.75) is 44.4 Å². The Morgan fingerprint density at radius 1 is 1.14 bits per heavy atom. The highest BCUT2D eigenvalue weighted by atomic mass is 32.2. The highest BCUT2D eigenvalue weighted by Crippen LogP contribution is 2.36. The third kappa shape index (κ3) is 5.78. The van der Waals surface area contributed by atoms with Crippen molar-refractivity contribution in [1.82, 2.24) is 14.2 Å². The van der Waals surface area contributed by atoms with Gasteiger partial charge in [0.15, 0.2) is 0 Å². The van der Waals surface area contributed by atoms with Crippen molar-refractivity contribution in [3.63, 3.8) is 0 Å². The van der Waals surface area contributed by atoms with E-state index in [0.717, 1.165) is 22.4 Å². The average molecular weight is 510 g/mol. The maximum absolute atomic E-state index is 13.7. The molecule has 3 atom stereocenters. The van der Waals surface area contributed by atoms with Crippen LogP contribution in [0.5, 0.6) is 5.75 Å². The smallest absolute Gasteiger partial charge is 0.247 e. The number of rotatable bonds is 7. The monoisotopic (exact) mass is 509 g/mol. The number of ether oxygens (including phenoxy) is 1. The third-order valence-electron chi connectivity index (χ3n) is 6.70. The van der Waals surface area contributed by atoms with Crippen LogP contribution in [0.2, 0.25) is 0 Å². The predicted octanol–water partition coefficient (Wildman–Crippen LogP) is 3.96. The number of sulfonamides is 1. The zero-order valence-electron chi connectivity index (χ0n) is 21.3. The maximum atomic E-state index is 13.7. The molecular weight excluding hydrogens is 474 g/mol. The molecule has 2 heterocycles. The lowest BCUT2D eigenvalue weighted by Gasteiger charge is -2.37. The number of hydrogen-bond acceptors (Lipinski definition) is 6. The van der Waals surface area contributed by atoms with E-state index in [-0.39, 0.29) is 30.1 Å². The summed E-state index contributed by atoms with van der Waals surface area (Å²) in [5.74, 6) is 0.224. The maximum Gasteiger partial charge on any atom is 0.247 e. The quantitative estimate of drug-likeness (QED) is 0.519. The van der Waals surface area contributed by atoms with Gasteiger partial charge in [0.05, 0.1) is 12.3 Å². The molecule has 2 aromatic carbocycles. The fourth-order valence-corrected chi connectivity index (χ4v) is 6.33. The normalized spacial score (nSPS) is 20.7. The van der Waals surface area contributed by atoms with Crippen molar-refractivity contribution in [3.05, 3.63) is 78.1 Å². The number of hydrogen-bond donors (Lipinski definition) is 1. The number of benzene rings is 2. The van der Waals surface area contributed by atoms with E-state index in [1.807, 2.05) is 75.5 Å². The van der Waals surface area contributed by atoms with E-state index in [1.165, 1.54) is 4.31 Å². The van der Waals surface area contributed by atoms with Gasteiger partial charge < -0.3 is 9.84 Å². The van der Waals surface area contributed by atoms with Gasteiger partial charge >= 0.3 is 0 Å². The lowest BCUT2D eigenvalue weighted by Crippen LogP contribution is -2.49. The minimum atomic E-state index is -3.87. The fourth-order valence-electron chi connectivity index (χ4n) is 4.51. The van der Waals surface area contributed by atoms with Crippen molar-refractivity contribution in [1.29, 1.82) is 0 Å². The molecule has 3 aromatic rings. The summed E-state index contributed by atoms with van der Waals surface area (Å²) in [4.78, 5) is 6.69. The molecular formula is C28H35N3O4S. The second-order valence-electron chi connectivity index (χ2n) is 9.79. The van der Waals surface area contributed by atoms with Gasteiger partial charge in [-0.2, -0.15) is 4.31 Å². The van der Waals surface area contributed by atoms with Crippen LogP contribution in [0, 0.1) is 12.8 Å². The number of aromatic nitrogens is 1. The van der Waals surface area contributed by atoms with Crippen LogP contribution in [0.25, 0.3) is 11.1 Å². The summed E-state index contributed by atoms with van der Waals surface area (Å²) in [5, 5.41) is 9.85. The van der Waals surface area contributed by atoms with Crippen molar-refractivity contribution < 1.29 is 18.3 Å². The Labute approximate surface area is 214 Å². The summed E-state index contributed by atoms with van der Waals surface area (Å²) in [7, 11) is -1.86. The molecule has 1 aliphatic heterocycles. The molecule has 1 aromatic heterocycles. The Kier molecular flexibility index (Phi) is 8.10. The van der Waals surface area contributed by atoms with Crippen LogP contribution in [-0.4, -0.2) is 66.6 Å². The van der Waals surface area contributed by atoms with Crippen molar-refractivity contribution in [2.24, 2.45) is 5.92 Å². The lowest BCUT2D eigenvalue weighted by molar-refractivity contribution is 0.0731. The molecule has 0 unspecified atom stereocenters. The molecule has 0 bridgehead atoms. The first kappa shape index (κ1) is 26.3. The van der Waals surface area contributed by atoms with Crippen molar-refractivity contribution in [2.75, 3.05) is 26.7 Å². The molecule has 8 heteroatoms. The van der Waals surface area contributed by atoms with Crippen LogP contribution in [0.4, 0.5) is 0 Å². The highest BCUT2D eigenvalue weighted by Gasteiger charge is 2.38. The first-order valence-electron chi connectivity index (χ1n) is 12.3. The second kappa shape index (κ2) is 11.1. The topological polar surface area (TPSA) is 83.0 Å². The molecule has 192 valence electrons. The number of nitrogens with zero attached hydrogens (tertiary/aromatic N) is 3. The summed E-state index contributed by atoms with van der Waals surface area (Å²) >= 11 is 0. The van der Waals surface area contributed by atoms with Gasteiger partial charge in [-0.15, -0.1) is 0 Å². The molecule has 0 fully saturated rings. The molecule has 0 amide bonds. The van der Waals surface area contributed by atoms with Gasteiger partial charge in [-0.05, 0) is 56.3 Å². The van der Waals surface area contributed by atoms with E-state index >= 15 is 0 Å². The summed E-state index contributed by atoms with van der Waals surface area (Å²) in [6, 6.07) is 18.7.